The van der Waals surface area contributed by atoms with Crippen LogP contribution in [-0.2, 0) is 9.53 Å². The van der Waals surface area contributed by atoms with Gasteiger partial charge < -0.3 is 15.2 Å². The lowest BCUT2D eigenvalue weighted by atomic mass is 10.0. The number of esters is 1. The molecule has 0 aromatic carbocycles. The van der Waals surface area contributed by atoms with Crippen LogP contribution in [0.3, 0.4) is 0 Å². The summed E-state index contributed by atoms with van der Waals surface area (Å²) >= 11 is 11.8. The number of nitrogens with one attached hydrogen (secondary N) is 1. The number of aliphatic hydroxyl groups excluding tert-OH is 1. The van der Waals surface area contributed by atoms with E-state index in [0.29, 0.717) is 0 Å². The normalized spacial score (nSPS) is 12.9. The number of ketones is 1. The van der Waals surface area contributed by atoms with E-state index in [1.54, 1.807) is 6.92 Å². The summed E-state index contributed by atoms with van der Waals surface area (Å²) < 4.78 is 4.91. The number of carbonyl (C=O) groups excluding carboxylic acids is 2. The molecule has 0 bridgehead atoms. The SMILES string of the molecule is CCOC(=O)/C(=C\N[C@H](CO)C(C)C)C(=O)c1nc(Cl)ccc1Cl. The number of aromatic nitrogens is 1. The molecule has 8 heteroatoms. The number of rotatable bonds is 8. The Morgan fingerprint density at radius 3 is 2.58 bits per heavy atom. The average molecular weight is 375 g/mol. The van der Waals surface area contributed by atoms with E-state index in [-0.39, 0.29) is 46.6 Å². The van der Waals surface area contributed by atoms with Crippen LogP contribution in [0, 0.1) is 5.92 Å². The molecule has 1 rings (SSSR count). The number of hydrogen-bond donors (Lipinski definition) is 2. The second kappa shape index (κ2) is 9.61. The van der Waals surface area contributed by atoms with Crippen molar-refractivity contribution in [1.82, 2.24) is 10.3 Å². The van der Waals surface area contributed by atoms with Crippen LogP contribution in [0.15, 0.2) is 23.9 Å². The molecule has 0 amide bonds. The van der Waals surface area contributed by atoms with E-state index in [9.17, 15) is 14.7 Å². The third-order valence-electron chi connectivity index (χ3n) is 3.21. The molecule has 0 unspecified atom stereocenters. The van der Waals surface area contributed by atoms with Gasteiger partial charge in [0, 0.05) is 6.20 Å². The molecule has 0 spiro atoms. The van der Waals surface area contributed by atoms with Crippen LogP contribution < -0.4 is 5.32 Å². The predicted molar refractivity (Wildman–Crippen MR) is 92.2 cm³/mol. The minimum Gasteiger partial charge on any atom is -0.462 e. The van der Waals surface area contributed by atoms with Crippen LogP contribution in [0.2, 0.25) is 10.2 Å². The van der Waals surface area contributed by atoms with Gasteiger partial charge in [0.1, 0.15) is 16.4 Å². The quantitative estimate of drug-likeness (QED) is 0.181. The smallest absolute Gasteiger partial charge is 0.343 e. The topological polar surface area (TPSA) is 88.5 Å². The van der Waals surface area contributed by atoms with Gasteiger partial charge in [0.05, 0.1) is 24.3 Å². The fourth-order valence-corrected chi connectivity index (χ4v) is 2.12. The zero-order valence-corrected chi connectivity index (χ0v) is 15.2. The zero-order chi connectivity index (χ0) is 18.3. The van der Waals surface area contributed by atoms with Crippen molar-refractivity contribution in [2.24, 2.45) is 5.92 Å². The summed E-state index contributed by atoms with van der Waals surface area (Å²) in [7, 11) is 0. The van der Waals surface area contributed by atoms with Crippen LogP contribution in [0.4, 0.5) is 0 Å². The molecular formula is C16H20Cl2N2O4. The minimum absolute atomic E-state index is 0.0715. The van der Waals surface area contributed by atoms with Crippen LogP contribution in [-0.4, -0.2) is 41.1 Å². The number of ether oxygens (including phenoxy) is 1. The third kappa shape index (κ3) is 5.47. The van der Waals surface area contributed by atoms with Crippen molar-refractivity contribution in [3.8, 4) is 0 Å². The zero-order valence-electron chi connectivity index (χ0n) is 13.7. The molecule has 0 aliphatic rings. The highest BCUT2D eigenvalue weighted by Crippen LogP contribution is 2.20. The number of pyridine rings is 1. The van der Waals surface area contributed by atoms with E-state index in [0.717, 1.165) is 0 Å². The maximum atomic E-state index is 12.6. The molecule has 132 valence electrons. The summed E-state index contributed by atoms with van der Waals surface area (Å²) in [5.74, 6) is -1.44. The first kappa shape index (κ1) is 20.4. The Balaban J connectivity index is 3.20. The van der Waals surface area contributed by atoms with Crippen LogP contribution in [0.5, 0.6) is 0 Å². The molecule has 1 aromatic rings. The molecule has 0 radical (unpaired) electrons. The lowest BCUT2D eigenvalue weighted by molar-refractivity contribution is -0.138. The Hall–Kier alpha value is -1.63. The van der Waals surface area contributed by atoms with Gasteiger partial charge in [-0.3, -0.25) is 4.79 Å². The van der Waals surface area contributed by atoms with Gasteiger partial charge in [-0.1, -0.05) is 37.0 Å². The highest BCUT2D eigenvalue weighted by atomic mass is 35.5. The first-order valence-electron chi connectivity index (χ1n) is 7.42. The molecule has 0 saturated carbocycles. The van der Waals surface area contributed by atoms with E-state index >= 15 is 0 Å². The van der Waals surface area contributed by atoms with Crippen molar-refractivity contribution in [3.63, 3.8) is 0 Å². The number of nitrogens with zero attached hydrogens (tertiary/aromatic N) is 1. The van der Waals surface area contributed by atoms with Gasteiger partial charge in [-0.05, 0) is 25.0 Å². The van der Waals surface area contributed by atoms with Gasteiger partial charge in [-0.15, -0.1) is 0 Å². The maximum absolute atomic E-state index is 12.6. The molecule has 0 aliphatic carbocycles. The van der Waals surface area contributed by atoms with Crippen LogP contribution in [0.25, 0.3) is 0 Å². The van der Waals surface area contributed by atoms with Crippen LogP contribution >= 0.6 is 23.2 Å². The average Bonchev–Trinajstić information content (AvgIpc) is 2.53. The summed E-state index contributed by atoms with van der Waals surface area (Å²) in [5.41, 5.74) is -0.414. The van der Waals surface area contributed by atoms with Crippen LogP contribution in [0.1, 0.15) is 31.3 Å². The van der Waals surface area contributed by atoms with Crippen molar-refractivity contribution in [1.29, 1.82) is 0 Å². The second-order valence-electron chi connectivity index (χ2n) is 5.27. The number of halogens is 2. The Bertz CT molecular complexity index is 633. The third-order valence-corrected chi connectivity index (χ3v) is 3.73. The standard InChI is InChI=1S/C16H20Cl2N2O4/c1-4-24-16(23)10(7-19-12(8-21)9(2)3)15(22)14-11(17)5-6-13(18)20-14/h5-7,9,12,19,21H,4,8H2,1-3H3/b10-7-/t12-/m1/s1. The Morgan fingerprint density at radius 2 is 2.04 bits per heavy atom. The molecule has 6 nitrogen and oxygen atoms in total. The van der Waals surface area contributed by atoms with Gasteiger partial charge in [-0.25, -0.2) is 9.78 Å². The first-order chi connectivity index (χ1) is 11.3. The first-order valence-corrected chi connectivity index (χ1v) is 8.18. The minimum atomic E-state index is -0.812. The molecule has 1 aromatic heterocycles. The van der Waals surface area contributed by atoms with E-state index < -0.39 is 11.8 Å². The van der Waals surface area contributed by atoms with Gasteiger partial charge in [0.2, 0.25) is 5.78 Å². The second-order valence-corrected chi connectivity index (χ2v) is 6.07. The summed E-state index contributed by atoms with van der Waals surface area (Å²) in [5, 5.41) is 12.3. The fourth-order valence-electron chi connectivity index (χ4n) is 1.78. The number of aliphatic hydroxyl groups is 1. The largest absolute Gasteiger partial charge is 0.462 e. The Morgan fingerprint density at radius 1 is 1.38 bits per heavy atom. The molecular weight excluding hydrogens is 355 g/mol. The molecule has 24 heavy (non-hydrogen) atoms. The summed E-state index contributed by atoms with van der Waals surface area (Å²) in [6.45, 7) is 5.36. The highest BCUT2D eigenvalue weighted by Gasteiger charge is 2.25. The molecule has 0 aliphatic heterocycles. The summed E-state index contributed by atoms with van der Waals surface area (Å²) in [6, 6.07) is 2.53. The van der Waals surface area contributed by atoms with Gasteiger partial charge >= 0.3 is 5.97 Å². The van der Waals surface area contributed by atoms with Crippen molar-refractivity contribution in [2.45, 2.75) is 26.8 Å². The van der Waals surface area contributed by atoms with E-state index in [1.807, 2.05) is 13.8 Å². The number of carbonyl (C=O) groups is 2. The van der Waals surface area contributed by atoms with E-state index in [4.69, 9.17) is 27.9 Å². The number of hydrogen-bond acceptors (Lipinski definition) is 6. The maximum Gasteiger partial charge on any atom is 0.343 e. The highest BCUT2D eigenvalue weighted by molar-refractivity contribution is 6.37. The predicted octanol–water partition coefficient (Wildman–Crippen LogP) is 2.62. The lowest BCUT2D eigenvalue weighted by Crippen LogP contribution is -2.34. The Labute approximate surface area is 150 Å². The van der Waals surface area contributed by atoms with Crippen molar-refractivity contribution < 1.29 is 19.4 Å². The van der Waals surface area contributed by atoms with Gasteiger partial charge in [-0.2, -0.15) is 0 Å². The van der Waals surface area contributed by atoms with E-state index in [1.165, 1.54) is 18.3 Å². The van der Waals surface area contributed by atoms with Crippen molar-refractivity contribution >= 4 is 35.0 Å². The summed E-state index contributed by atoms with van der Waals surface area (Å²) in [4.78, 5) is 28.6. The lowest BCUT2D eigenvalue weighted by Gasteiger charge is -2.19. The van der Waals surface area contributed by atoms with Crippen molar-refractivity contribution in [2.75, 3.05) is 13.2 Å². The van der Waals surface area contributed by atoms with Gasteiger partial charge in [0.15, 0.2) is 0 Å². The monoisotopic (exact) mass is 374 g/mol. The van der Waals surface area contributed by atoms with Gasteiger partial charge in [0.25, 0.3) is 0 Å². The molecule has 0 fully saturated rings. The summed E-state index contributed by atoms with van der Waals surface area (Å²) in [6.07, 6.45) is 1.22. The van der Waals surface area contributed by atoms with Crippen molar-refractivity contribution in [3.05, 3.63) is 39.8 Å². The number of Topliss-reactive ketones (excluding diaryl/α,β-unsaturated/α-hetero) is 1. The molecule has 2 N–H and O–H groups in total. The Kier molecular flexibility index (Phi) is 8.18. The van der Waals surface area contributed by atoms with E-state index in [2.05, 4.69) is 10.3 Å². The molecule has 1 atom stereocenters. The molecule has 1 heterocycles. The fraction of sp³-hybridized carbons (Fsp3) is 0.438. The molecule has 0 saturated heterocycles.